The van der Waals surface area contributed by atoms with E-state index >= 15 is 0 Å². The van der Waals surface area contributed by atoms with E-state index in [0.29, 0.717) is 28.3 Å². The summed E-state index contributed by atoms with van der Waals surface area (Å²) in [5, 5.41) is 10.0. The van der Waals surface area contributed by atoms with Crippen molar-refractivity contribution in [1.29, 1.82) is 0 Å². The van der Waals surface area contributed by atoms with Crippen LogP contribution in [0.15, 0.2) is 12.2 Å². The highest BCUT2D eigenvalue weighted by atomic mass is 16.5. The van der Waals surface area contributed by atoms with Gasteiger partial charge in [-0.25, -0.2) is 0 Å². The van der Waals surface area contributed by atoms with Crippen LogP contribution in [0.5, 0.6) is 0 Å². The van der Waals surface area contributed by atoms with Crippen molar-refractivity contribution in [1.82, 2.24) is 0 Å². The first-order valence-electron chi connectivity index (χ1n) is 13.0. The summed E-state index contributed by atoms with van der Waals surface area (Å²) < 4.78 is 6.27. The van der Waals surface area contributed by atoms with Crippen molar-refractivity contribution >= 4 is 0 Å². The van der Waals surface area contributed by atoms with E-state index in [4.69, 9.17) is 4.74 Å². The second kappa shape index (κ2) is 6.83. The van der Waals surface area contributed by atoms with Crippen molar-refractivity contribution in [3.05, 3.63) is 12.2 Å². The van der Waals surface area contributed by atoms with Gasteiger partial charge >= 0.3 is 0 Å². The van der Waals surface area contributed by atoms with E-state index in [1.807, 2.05) is 27.0 Å². The second-order valence-corrected chi connectivity index (χ2v) is 13.2. The van der Waals surface area contributed by atoms with E-state index in [0.717, 1.165) is 36.0 Å². The smallest absolute Gasteiger partial charge is 0.0771 e. The Bertz CT molecular complexity index is 706. The summed E-state index contributed by atoms with van der Waals surface area (Å²) in [6.45, 7) is 11.6. The third-order valence-corrected chi connectivity index (χ3v) is 11.6. The van der Waals surface area contributed by atoms with Gasteiger partial charge in [-0.3, -0.25) is 0 Å². The zero-order chi connectivity index (χ0) is 21.5. The van der Waals surface area contributed by atoms with E-state index in [1.54, 1.807) is 0 Å². The molecule has 0 heterocycles. The maximum absolute atomic E-state index is 10.0. The van der Waals surface area contributed by atoms with Gasteiger partial charge in [0.05, 0.1) is 11.7 Å². The Balaban J connectivity index is 1.36. The third kappa shape index (κ3) is 2.81. The Morgan fingerprint density at radius 2 is 1.87 bits per heavy atom. The molecule has 0 unspecified atom stereocenters. The van der Waals surface area contributed by atoms with Gasteiger partial charge in [-0.2, -0.15) is 0 Å². The molecule has 30 heavy (non-hydrogen) atoms. The molecule has 5 fully saturated rings. The van der Waals surface area contributed by atoms with Crippen LogP contribution in [0.4, 0.5) is 0 Å². The fraction of sp³-hybridized carbons (Fsp3) is 0.929. The predicted molar refractivity (Wildman–Crippen MR) is 123 cm³/mol. The number of rotatable bonds is 5. The number of allylic oxidation sites excluding steroid dienone is 1. The van der Waals surface area contributed by atoms with E-state index in [-0.39, 0.29) is 0 Å². The minimum absolute atomic E-state index is 0.504. The fourth-order valence-corrected chi connectivity index (χ4v) is 10.3. The highest BCUT2D eigenvalue weighted by Gasteiger charge is 2.77. The van der Waals surface area contributed by atoms with Crippen molar-refractivity contribution in [3.63, 3.8) is 0 Å². The van der Waals surface area contributed by atoms with E-state index in [1.165, 1.54) is 51.4 Å². The predicted octanol–water partition coefficient (Wildman–Crippen LogP) is 6.62. The molecule has 0 aromatic rings. The van der Waals surface area contributed by atoms with Gasteiger partial charge in [-0.1, -0.05) is 32.9 Å². The monoisotopic (exact) mass is 414 g/mol. The second-order valence-electron chi connectivity index (χ2n) is 13.2. The number of hydrogen-bond donors (Lipinski definition) is 1. The van der Waals surface area contributed by atoms with Crippen LogP contribution in [-0.4, -0.2) is 23.9 Å². The summed E-state index contributed by atoms with van der Waals surface area (Å²) in [5.41, 5.74) is 0.903. The van der Waals surface area contributed by atoms with Crippen molar-refractivity contribution in [2.45, 2.75) is 104 Å². The normalized spacial score (nSPS) is 53.2. The molecule has 0 bridgehead atoms. The summed E-state index contributed by atoms with van der Waals surface area (Å²) >= 11 is 0. The average molecular weight is 415 g/mol. The quantitative estimate of drug-likeness (QED) is 0.512. The van der Waals surface area contributed by atoms with Crippen LogP contribution >= 0.6 is 0 Å². The van der Waals surface area contributed by atoms with Crippen molar-refractivity contribution in [2.75, 3.05) is 7.11 Å². The van der Waals surface area contributed by atoms with E-state index < -0.39 is 5.60 Å². The van der Waals surface area contributed by atoms with Crippen LogP contribution in [0.2, 0.25) is 0 Å². The maximum Gasteiger partial charge on any atom is 0.0771 e. The summed E-state index contributed by atoms with van der Waals surface area (Å²) in [6, 6.07) is 0. The lowest BCUT2D eigenvalue weighted by atomic mass is 9.45. The van der Waals surface area contributed by atoms with E-state index in [2.05, 4.69) is 26.8 Å². The number of fused-ring (bicyclic) bond motifs is 4. The number of ether oxygens (including phenoxy) is 1. The Labute approximate surface area is 185 Å². The number of aliphatic hydroxyl groups is 1. The molecule has 2 nitrogen and oxygen atoms in total. The summed E-state index contributed by atoms with van der Waals surface area (Å²) in [6.07, 6.45) is 17.3. The first-order chi connectivity index (χ1) is 14.1. The third-order valence-electron chi connectivity index (χ3n) is 11.6. The zero-order valence-corrected chi connectivity index (χ0v) is 20.4. The fourth-order valence-electron chi connectivity index (χ4n) is 10.3. The molecule has 10 atom stereocenters. The molecular formula is C28H46O2. The summed E-state index contributed by atoms with van der Waals surface area (Å²) in [5.74, 6) is 5.23. The van der Waals surface area contributed by atoms with Crippen LogP contribution < -0.4 is 0 Å². The molecule has 170 valence electrons. The Kier molecular flexibility index (Phi) is 4.90. The molecule has 2 heteroatoms. The van der Waals surface area contributed by atoms with Crippen LogP contribution in [0.3, 0.4) is 0 Å². The van der Waals surface area contributed by atoms with Gasteiger partial charge in [0.25, 0.3) is 0 Å². The zero-order valence-electron chi connectivity index (χ0n) is 20.4. The Hall–Kier alpha value is -0.340. The number of methoxy groups -OCH3 is 1. The van der Waals surface area contributed by atoms with E-state index in [9.17, 15) is 5.11 Å². The molecule has 0 aliphatic heterocycles. The lowest BCUT2D eigenvalue weighted by Crippen LogP contribution is -2.57. The largest absolute Gasteiger partial charge is 0.386 e. The molecule has 5 aliphatic carbocycles. The lowest BCUT2D eigenvalue weighted by Gasteiger charge is -2.61. The number of hydrogen-bond acceptors (Lipinski definition) is 2. The van der Waals surface area contributed by atoms with Crippen LogP contribution in [0, 0.1) is 51.8 Å². The maximum atomic E-state index is 10.0. The molecule has 0 saturated heterocycles. The van der Waals surface area contributed by atoms with Gasteiger partial charge in [-0.05, 0) is 118 Å². The average Bonchev–Trinajstić information content (AvgIpc) is 3.17. The van der Waals surface area contributed by atoms with Crippen molar-refractivity contribution < 1.29 is 9.84 Å². The first-order valence-corrected chi connectivity index (χ1v) is 13.0. The van der Waals surface area contributed by atoms with Crippen LogP contribution in [-0.2, 0) is 4.74 Å². The van der Waals surface area contributed by atoms with Gasteiger partial charge in [0.15, 0.2) is 0 Å². The van der Waals surface area contributed by atoms with Crippen molar-refractivity contribution in [3.8, 4) is 0 Å². The van der Waals surface area contributed by atoms with Gasteiger partial charge < -0.3 is 9.84 Å². The highest BCUT2D eigenvalue weighted by Crippen LogP contribution is 2.82. The summed E-state index contributed by atoms with van der Waals surface area (Å²) in [7, 11) is 2.00. The molecule has 1 spiro atoms. The van der Waals surface area contributed by atoms with Crippen LogP contribution in [0.25, 0.3) is 0 Å². The Morgan fingerprint density at radius 1 is 1.10 bits per heavy atom. The molecule has 0 amide bonds. The molecule has 0 aromatic heterocycles. The SMILES string of the molecule is CO[C@@H]1C[C@H]2[C@@H]3CC[C@H]([C@H](C)C/C=C/C(C)(C)O)[C@@]3(C)CC[C@@H]2[C@@]2(C)CC[C@H]3C[C@]312. The molecule has 1 N–H and O–H groups in total. The minimum Gasteiger partial charge on any atom is -0.386 e. The van der Waals surface area contributed by atoms with Gasteiger partial charge in [0.2, 0.25) is 0 Å². The topological polar surface area (TPSA) is 29.5 Å². The molecular weight excluding hydrogens is 368 g/mol. The molecule has 5 aliphatic rings. The molecule has 0 aromatic carbocycles. The lowest BCUT2D eigenvalue weighted by molar-refractivity contribution is -0.161. The molecule has 5 rings (SSSR count). The van der Waals surface area contributed by atoms with Crippen molar-refractivity contribution in [2.24, 2.45) is 51.8 Å². The van der Waals surface area contributed by atoms with Crippen LogP contribution in [0.1, 0.15) is 92.4 Å². The standard InChI is InChI=1S/C28H46O2/c1-18(8-7-13-25(2,3)29)21-9-10-22-20-16-24(30-6)28-17-19(28)11-15-27(28,5)23(20)12-14-26(21,22)4/h7,13,18-24,29H,8-12,14-17H2,1-6H3/b13-7+/t18-,19+,20+,21-,22+,23+,24-,26-,27-,28+/m1/s1. The minimum atomic E-state index is -0.690. The van der Waals surface area contributed by atoms with Gasteiger partial charge in [-0.15, -0.1) is 0 Å². The highest BCUT2D eigenvalue weighted by molar-refractivity contribution is 5.26. The van der Waals surface area contributed by atoms with Gasteiger partial charge in [0.1, 0.15) is 0 Å². The first kappa shape index (κ1) is 21.5. The summed E-state index contributed by atoms with van der Waals surface area (Å²) in [4.78, 5) is 0. The van der Waals surface area contributed by atoms with Gasteiger partial charge in [0, 0.05) is 12.5 Å². The molecule has 0 radical (unpaired) electrons. The molecule has 5 saturated carbocycles. The Morgan fingerprint density at radius 3 is 2.53 bits per heavy atom.